The Balaban J connectivity index is 1.10. The summed E-state index contributed by atoms with van der Waals surface area (Å²) in [6.45, 7) is 2.21. The van der Waals surface area contributed by atoms with E-state index in [0.717, 1.165) is 47.4 Å². The van der Waals surface area contributed by atoms with Crippen molar-refractivity contribution in [1.29, 1.82) is 0 Å². The van der Waals surface area contributed by atoms with Crippen molar-refractivity contribution in [1.82, 2.24) is 20.1 Å². The summed E-state index contributed by atoms with van der Waals surface area (Å²) in [5, 5.41) is 7.54. The molecule has 1 aromatic heterocycles. The quantitative estimate of drug-likeness (QED) is 0.259. The molecule has 2 heterocycles. The summed E-state index contributed by atoms with van der Waals surface area (Å²) >= 11 is 1.26. The van der Waals surface area contributed by atoms with Gasteiger partial charge in [-0.2, -0.15) is 18.2 Å². The number of nitrogens with one attached hydrogen (secondary N) is 1. The van der Waals surface area contributed by atoms with Gasteiger partial charge in [-0.3, -0.25) is 9.69 Å². The fraction of sp³-hybridized carbons (Fsp3) is 0.258. The fourth-order valence-corrected chi connectivity index (χ4v) is 5.85. The van der Waals surface area contributed by atoms with Crippen LogP contribution in [-0.4, -0.2) is 37.6 Å². The molecule has 2 fully saturated rings. The van der Waals surface area contributed by atoms with Crippen LogP contribution in [-0.2, 0) is 17.5 Å². The molecule has 0 atom stereocenters. The molecule has 6 rings (SSSR count). The highest BCUT2D eigenvalue weighted by Gasteiger charge is 2.34. The van der Waals surface area contributed by atoms with Crippen molar-refractivity contribution in [2.75, 3.05) is 10.7 Å². The van der Waals surface area contributed by atoms with E-state index in [1.807, 2.05) is 25.1 Å². The van der Waals surface area contributed by atoms with E-state index in [-0.39, 0.29) is 18.2 Å². The van der Waals surface area contributed by atoms with Crippen molar-refractivity contribution in [2.45, 2.75) is 44.8 Å². The molecular formula is C31H27F3N6O2S. The van der Waals surface area contributed by atoms with Crippen molar-refractivity contribution in [3.05, 3.63) is 95.3 Å². The van der Waals surface area contributed by atoms with Crippen LogP contribution in [0.1, 0.15) is 47.4 Å². The number of carbonyl (C=O) groups excluding carboxylic acids is 2. The van der Waals surface area contributed by atoms with Crippen molar-refractivity contribution in [2.24, 2.45) is 4.99 Å². The van der Waals surface area contributed by atoms with Crippen molar-refractivity contribution >= 4 is 34.6 Å². The molecule has 12 heteroatoms. The first-order valence-corrected chi connectivity index (χ1v) is 14.8. The lowest BCUT2D eigenvalue weighted by atomic mass is 9.79. The third-order valence-electron chi connectivity index (χ3n) is 7.54. The third-order valence-corrected chi connectivity index (χ3v) is 8.46. The maximum atomic E-state index is 12.9. The second kappa shape index (κ2) is 11.7. The van der Waals surface area contributed by atoms with E-state index in [2.05, 4.69) is 32.5 Å². The number of anilines is 1. The highest BCUT2D eigenvalue weighted by atomic mass is 32.2. The summed E-state index contributed by atoms with van der Waals surface area (Å²) in [5.74, 6) is 0.963. The van der Waals surface area contributed by atoms with Crippen LogP contribution in [0.15, 0.2) is 78.0 Å². The number of thioether (sulfide) groups is 1. The summed E-state index contributed by atoms with van der Waals surface area (Å²) in [4.78, 5) is 35.7. The minimum Gasteiger partial charge on any atom is -0.332 e. The van der Waals surface area contributed by atoms with Gasteiger partial charge in [0.05, 0.1) is 22.7 Å². The van der Waals surface area contributed by atoms with Crippen molar-refractivity contribution in [3.63, 3.8) is 0 Å². The molecule has 1 aliphatic carbocycles. The molecule has 2 aliphatic rings. The zero-order valence-corrected chi connectivity index (χ0v) is 24.0. The van der Waals surface area contributed by atoms with Crippen LogP contribution >= 0.6 is 11.8 Å². The van der Waals surface area contributed by atoms with Crippen LogP contribution in [0.2, 0.25) is 0 Å². The number of amides is 3. The van der Waals surface area contributed by atoms with Gasteiger partial charge in [0.25, 0.3) is 0 Å². The predicted molar refractivity (Wildman–Crippen MR) is 159 cm³/mol. The molecular weight excluding hydrogens is 577 g/mol. The first-order chi connectivity index (χ1) is 20.7. The van der Waals surface area contributed by atoms with E-state index in [1.165, 1.54) is 41.3 Å². The van der Waals surface area contributed by atoms with E-state index in [4.69, 9.17) is 0 Å². The van der Waals surface area contributed by atoms with Gasteiger partial charge in [0, 0.05) is 12.1 Å². The zero-order chi connectivity index (χ0) is 30.1. The molecule has 3 aromatic carbocycles. The summed E-state index contributed by atoms with van der Waals surface area (Å²) in [6, 6.07) is 17.5. The molecule has 4 aromatic rings. The summed E-state index contributed by atoms with van der Waals surface area (Å²) in [5.41, 5.74) is 4.22. The van der Waals surface area contributed by atoms with Crippen LogP contribution in [0, 0.1) is 6.92 Å². The SMILES string of the molecule is Cc1ccc(C2CCC2)c(N2C(=O)CS/C2=N\C(=O)NCc2ccc(-c3ncn(-c4ccc(C(F)(F)F)cc4)n3)cc2)c1. The molecule has 43 heavy (non-hydrogen) atoms. The van der Waals surface area contributed by atoms with Gasteiger partial charge in [0.15, 0.2) is 11.0 Å². The van der Waals surface area contributed by atoms with Gasteiger partial charge in [0.1, 0.15) is 6.33 Å². The molecule has 1 N–H and O–H groups in total. The molecule has 0 radical (unpaired) electrons. The predicted octanol–water partition coefficient (Wildman–Crippen LogP) is 6.87. The van der Waals surface area contributed by atoms with Gasteiger partial charge < -0.3 is 5.32 Å². The van der Waals surface area contributed by atoms with E-state index in [1.54, 1.807) is 17.0 Å². The maximum Gasteiger partial charge on any atom is 0.416 e. The number of halogens is 3. The van der Waals surface area contributed by atoms with Gasteiger partial charge in [-0.25, -0.2) is 14.5 Å². The number of hydrogen-bond acceptors (Lipinski definition) is 5. The van der Waals surface area contributed by atoms with Crippen molar-refractivity contribution in [3.8, 4) is 17.1 Å². The zero-order valence-electron chi connectivity index (χ0n) is 23.1. The van der Waals surface area contributed by atoms with Gasteiger partial charge >= 0.3 is 12.2 Å². The van der Waals surface area contributed by atoms with E-state index in [0.29, 0.717) is 28.2 Å². The Morgan fingerprint density at radius 2 is 1.81 bits per heavy atom. The molecule has 1 saturated heterocycles. The number of urea groups is 1. The fourth-order valence-electron chi connectivity index (χ4n) is 4.99. The standard InChI is InChI=1S/C31H27F3N6O2S/c1-19-5-14-25(21-3-2-4-21)26(15-19)40-27(41)17-43-30(40)37-29(42)35-16-20-6-8-22(9-7-20)28-36-18-39(38-28)24-12-10-23(11-13-24)31(32,33)34/h5-15,18,21H,2-4,16-17H2,1H3,(H,35,42)/b37-30-. The largest absolute Gasteiger partial charge is 0.416 e. The van der Waals surface area contributed by atoms with E-state index in [9.17, 15) is 22.8 Å². The average Bonchev–Trinajstić information content (AvgIpc) is 3.59. The van der Waals surface area contributed by atoms with Crippen molar-refractivity contribution < 1.29 is 22.8 Å². The Labute approximate surface area is 250 Å². The van der Waals surface area contributed by atoms with Gasteiger partial charge in [0.2, 0.25) is 5.91 Å². The average molecular weight is 605 g/mol. The lowest BCUT2D eigenvalue weighted by molar-refractivity contribution is -0.137. The smallest absolute Gasteiger partial charge is 0.332 e. The van der Waals surface area contributed by atoms with Gasteiger partial charge in [-0.1, -0.05) is 54.6 Å². The van der Waals surface area contributed by atoms with E-state index < -0.39 is 17.8 Å². The van der Waals surface area contributed by atoms with Crippen LogP contribution < -0.4 is 10.2 Å². The number of aliphatic imine (C=N–C) groups is 1. The lowest BCUT2D eigenvalue weighted by Crippen LogP contribution is -2.32. The minimum atomic E-state index is -4.41. The summed E-state index contributed by atoms with van der Waals surface area (Å²) in [7, 11) is 0. The minimum absolute atomic E-state index is 0.0901. The maximum absolute atomic E-state index is 12.9. The number of aromatic nitrogens is 3. The highest BCUT2D eigenvalue weighted by Crippen LogP contribution is 2.43. The number of amidine groups is 1. The van der Waals surface area contributed by atoms with Crippen LogP contribution in [0.25, 0.3) is 17.1 Å². The Morgan fingerprint density at radius 3 is 2.49 bits per heavy atom. The number of aryl methyl sites for hydroxylation is 1. The molecule has 220 valence electrons. The number of hydrogen-bond donors (Lipinski definition) is 1. The summed E-state index contributed by atoms with van der Waals surface area (Å²) in [6.07, 6.45) is 0.386. The lowest BCUT2D eigenvalue weighted by Gasteiger charge is -2.30. The second-order valence-corrected chi connectivity index (χ2v) is 11.5. The summed E-state index contributed by atoms with van der Waals surface area (Å²) < 4.78 is 39.9. The van der Waals surface area contributed by atoms with E-state index >= 15 is 0 Å². The first-order valence-electron chi connectivity index (χ1n) is 13.8. The molecule has 3 amide bonds. The molecule has 0 spiro atoms. The third kappa shape index (κ3) is 6.19. The second-order valence-electron chi connectivity index (χ2n) is 10.5. The molecule has 8 nitrogen and oxygen atoms in total. The van der Waals surface area contributed by atoms with Crippen LogP contribution in [0.3, 0.4) is 0 Å². The number of benzene rings is 3. The highest BCUT2D eigenvalue weighted by molar-refractivity contribution is 8.15. The van der Waals surface area contributed by atoms with Crippen LogP contribution in [0.5, 0.6) is 0 Å². The van der Waals surface area contributed by atoms with Gasteiger partial charge in [-0.15, -0.1) is 5.10 Å². The number of carbonyl (C=O) groups is 2. The molecule has 1 aliphatic heterocycles. The Hall–Kier alpha value is -4.45. The first kappa shape index (κ1) is 28.7. The molecule has 0 bridgehead atoms. The Bertz CT molecular complexity index is 1700. The Morgan fingerprint density at radius 1 is 1.07 bits per heavy atom. The van der Waals surface area contributed by atoms with Gasteiger partial charge in [-0.05, 0) is 72.7 Å². The number of rotatable bonds is 6. The monoisotopic (exact) mass is 604 g/mol. The molecule has 0 unspecified atom stereocenters. The number of alkyl halides is 3. The van der Waals surface area contributed by atoms with Crippen LogP contribution in [0.4, 0.5) is 23.7 Å². The molecule has 1 saturated carbocycles. The topological polar surface area (TPSA) is 92.5 Å². The normalized spacial score (nSPS) is 16.5. The number of nitrogens with zero attached hydrogens (tertiary/aromatic N) is 5. The Kier molecular flexibility index (Phi) is 7.78.